The van der Waals surface area contributed by atoms with Gasteiger partial charge in [0.05, 0.1) is 16.8 Å². The van der Waals surface area contributed by atoms with Gasteiger partial charge in [-0.15, -0.1) is 0 Å². The fourth-order valence-electron chi connectivity index (χ4n) is 2.00. The normalized spacial score (nSPS) is 12.3. The molecule has 0 aliphatic rings. The number of benzene rings is 1. The van der Waals surface area contributed by atoms with Gasteiger partial charge in [-0.05, 0) is 45.7 Å². The second-order valence-corrected chi connectivity index (χ2v) is 5.39. The Morgan fingerprint density at radius 3 is 2.65 bits per heavy atom. The molecule has 0 aliphatic heterocycles. The zero-order valence-corrected chi connectivity index (χ0v) is 11.0. The average molecular weight is 232 g/mol. The van der Waals surface area contributed by atoms with Crippen LogP contribution in [0.2, 0.25) is 0 Å². The summed E-state index contributed by atoms with van der Waals surface area (Å²) in [5, 5.41) is 15.5. The van der Waals surface area contributed by atoms with Crippen molar-refractivity contribution in [1.82, 2.24) is 9.78 Å². The molecule has 1 aromatic carbocycles. The Hall–Kier alpha value is -1.35. The van der Waals surface area contributed by atoms with Crippen molar-refractivity contribution in [3.8, 4) is 0 Å². The second kappa shape index (κ2) is 4.15. The van der Waals surface area contributed by atoms with Crippen LogP contribution in [-0.2, 0) is 6.54 Å². The van der Waals surface area contributed by atoms with E-state index in [2.05, 4.69) is 30.2 Å². The Labute approximate surface area is 102 Å². The first-order valence-corrected chi connectivity index (χ1v) is 6.03. The third kappa shape index (κ3) is 2.67. The van der Waals surface area contributed by atoms with Crippen molar-refractivity contribution in [2.45, 2.75) is 46.3 Å². The van der Waals surface area contributed by atoms with E-state index in [0.29, 0.717) is 6.42 Å². The monoisotopic (exact) mass is 232 g/mol. The van der Waals surface area contributed by atoms with E-state index >= 15 is 0 Å². The average Bonchev–Trinajstić information content (AvgIpc) is 2.51. The van der Waals surface area contributed by atoms with Gasteiger partial charge in [0.1, 0.15) is 0 Å². The van der Waals surface area contributed by atoms with E-state index < -0.39 is 5.60 Å². The maximum atomic E-state index is 9.77. The molecule has 3 nitrogen and oxygen atoms in total. The number of fused-ring (bicyclic) bond motifs is 1. The van der Waals surface area contributed by atoms with Crippen molar-refractivity contribution in [3.05, 3.63) is 29.5 Å². The fraction of sp³-hybridized carbons (Fsp3) is 0.500. The van der Waals surface area contributed by atoms with Gasteiger partial charge in [0, 0.05) is 11.9 Å². The van der Waals surface area contributed by atoms with Gasteiger partial charge in [0.2, 0.25) is 0 Å². The first kappa shape index (κ1) is 12.1. The molecule has 0 saturated carbocycles. The number of hydrogen-bond acceptors (Lipinski definition) is 2. The fourth-order valence-corrected chi connectivity index (χ4v) is 2.00. The van der Waals surface area contributed by atoms with Crippen LogP contribution in [0.3, 0.4) is 0 Å². The number of nitrogens with zero attached hydrogens (tertiary/aromatic N) is 2. The molecule has 1 aromatic heterocycles. The molecule has 0 fully saturated rings. The first-order chi connectivity index (χ1) is 7.87. The molecule has 17 heavy (non-hydrogen) atoms. The Kier molecular flexibility index (Phi) is 2.96. The van der Waals surface area contributed by atoms with Gasteiger partial charge in [0.15, 0.2) is 0 Å². The van der Waals surface area contributed by atoms with Crippen LogP contribution in [0.25, 0.3) is 10.9 Å². The third-order valence-corrected chi connectivity index (χ3v) is 3.03. The molecule has 92 valence electrons. The SMILES string of the molecule is Cc1ccc2c(C)nn(CCC(C)(C)O)c2c1. The highest BCUT2D eigenvalue weighted by molar-refractivity contribution is 5.82. The lowest BCUT2D eigenvalue weighted by molar-refractivity contribution is 0.0655. The summed E-state index contributed by atoms with van der Waals surface area (Å²) in [5.74, 6) is 0. The first-order valence-electron chi connectivity index (χ1n) is 6.03. The van der Waals surface area contributed by atoms with Crippen molar-refractivity contribution in [1.29, 1.82) is 0 Å². The summed E-state index contributed by atoms with van der Waals surface area (Å²) in [4.78, 5) is 0. The molecular formula is C14H20N2O. The molecule has 0 radical (unpaired) electrons. The van der Waals surface area contributed by atoms with Gasteiger partial charge >= 0.3 is 0 Å². The highest BCUT2D eigenvalue weighted by Crippen LogP contribution is 2.20. The second-order valence-electron chi connectivity index (χ2n) is 5.39. The number of aliphatic hydroxyl groups is 1. The molecule has 0 saturated heterocycles. The Bertz CT molecular complexity index is 535. The van der Waals surface area contributed by atoms with Crippen molar-refractivity contribution in [2.24, 2.45) is 0 Å². The third-order valence-electron chi connectivity index (χ3n) is 3.03. The maximum Gasteiger partial charge on any atom is 0.0687 e. The van der Waals surface area contributed by atoms with E-state index in [9.17, 15) is 5.11 Å². The van der Waals surface area contributed by atoms with Gasteiger partial charge in [-0.2, -0.15) is 5.10 Å². The number of aromatic nitrogens is 2. The van der Waals surface area contributed by atoms with Gasteiger partial charge < -0.3 is 5.11 Å². The minimum absolute atomic E-state index is 0.643. The summed E-state index contributed by atoms with van der Waals surface area (Å²) in [7, 11) is 0. The van der Waals surface area contributed by atoms with Crippen molar-refractivity contribution in [3.63, 3.8) is 0 Å². The topological polar surface area (TPSA) is 38.0 Å². The molecular weight excluding hydrogens is 212 g/mol. The largest absolute Gasteiger partial charge is 0.390 e. The maximum absolute atomic E-state index is 9.77. The minimum Gasteiger partial charge on any atom is -0.390 e. The Morgan fingerprint density at radius 1 is 1.29 bits per heavy atom. The van der Waals surface area contributed by atoms with Crippen LogP contribution in [0, 0.1) is 13.8 Å². The zero-order valence-electron chi connectivity index (χ0n) is 11.0. The summed E-state index contributed by atoms with van der Waals surface area (Å²) >= 11 is 0. The summed E-state index contributed by atoms with van der Waals surface area (Å²) in [5.41, 5.74) is 2.81. The van der Waals surface area contributed by atoms with E-state index in [1.165, 1.54) is 10.9 Å². The molecule has 1 N–H and O–H groups in total. The van der Waals surface area contributed by atoms with Crippen LogP contribution >= 0.6 is 0 Å². The molecule has 0 amide bonds. The molecule has 2 aromatic rings. The van der Waals surface area contributed by atoms with E-state index in [1.54, 1.807) is 0 Å². The quantitative estimate of drug-likeness (QED) is 0.883. The summed E-state index contributed by atoms with van der Waals surface area (Å²) in [6, 6.07) is 6.38. The highest BCUT2D eigenvalue weighted by atomic mass is 16.3. The lowest BCUT2D eigenvalue weighted by Gasteiger charge is -2.16. The van der Waals surface area contributed by atoms with Gasteiger partial charge in [-0.25, -0.2) is 0 Å². The van der Waals surface area contributed by atoms with Crippen molar-refractivity contribution >= 4 is 10.9 Å². The zero-order chi connectivity index (χ0) is 12.6. The summed E-state index contributed by atoms with van der Waals surface area (Å²) < 4.78 is 2.00. The van der Waals surface area contributed by atoms with Gasteiger partial charge in [0.25, 0.3) is 0 Å². The predicted molar refractivity (Wildman–Crippen MR) is 70.1 cm³/mol. The van der Waals surface area contributed by atoms with E-state index in [4.69, 9.17) is 0 Å². The van der Waals surface area contributed by atoms with Crippen LogP contribution in [0.15, 0.2) is 18.2 Å². The van der Waals surface area contributed by atoms with Crippen molar-refractivity contribution in [2.75, 3.05) is 0 Å². The van der Waals surface area contributed by atoms with Crippen molar-refractivity contribution < 1.29 is 5.11 Å². The molecule has 0 atom stereocenters. The Balaban J connectivity index is 2.37. The number of rotatable bonds is 3. The molecule has 0 aliphatic carbocycles. The summed E-state index contributed by atoms with van der Waals surface area (Å²) in [6.45, 7) is 8.52. The summed E-state index contributed by atoms with van der Waals surface area (Å²) in [6.07, 6.45) is 0.706. The molecule has 0 bridgehead atoms. The van der Waals surface area contributed by atoms with E-state index in [0.717, 1.165) is 17.8 Å². The van der Waals surface area contributed by atoms with Gasteiger partial charge in [-0.1, -0.05) is 12.1 Å². The predicted octanol–water partition coefficient (Wildman–Crippen LogP) is 2.81. The molecule has 0 spiro atoms. The molecule has 0 unspecified atom stereocenters. The molecule has 3 heteroatoms. The molecule has 1 heterocycles. The van der Waals surface area contributed by atoms with Gasteiger partial charge in [-0.3, -0.25) is 4.68 Å². The van der Waals surface area contributed by atoms with E-state index in [-0.39, 0.29) is 0 Å². The highest BCUT2D eigenvalue weighted by Gasteiger charge is 2.14. The van der Waals surface area contributed by atoms with Crippen LogP contribution in [0.1, 0.15) is 31.5 Å². The standard InChI is InChI=1S/C14H20N2O/c1-10-5-6-12-11(2)15-16(13(12)9-10)8-7-14(3,4)17/h5-6,9,17H,7-8H2,1-4H3. The Morgan fingerprint density at radius 2 is 2.00 bits per heavy atom. The number of hydrogen-bond donors (Lipinski definition) is 1. The lowest BCUT2D eigenvalue weighted by Crippen LogP contribution is -2.21. The lowest BCUT2D eigenvalue weighted by atomic mass is 10.1. The smallest absolute Gasteiger partial charge is 0.0687 e. The van der Waals surface area contributed by atoms with Crippen LogP contribution in [0.4, 0.5) is 0 Å². The minimum atomic E-state index is -0.643. The molecule has 2 rings (SSSR count). The van der Waals surface area contributed by atoms with Crippen LogP contribution < -0.4 is 0 Å². The van der Waals surface area contributed by atoms with Crippen LogP contribution in [0.5, 0.6) is 0 Å². The van der Waals surface area contributed by atoms with Crippen LogP contribution in [-0.4, -0.2) is 20.5 Å². The van der Waals surface area contributed by atoms with E-state index in [1.807, 2.05) is 25.5 Å². The number of aryl methyl sites for hydroxylation is 3.